The van der Waals surface area contributed by atoms with E-state index in [0.29, 0.717) is 6.04 Å². The molecular weight excluding hydrogens is 372 g/mol. The molecule has 2 aromatic heterocycles. The SMILES string of the molecule is CCc1nsc(N2CCN(C(=NCCc3ccco3)NC3CCCC3)CC2)n1. The van der Waals surface area contributed by atoms with Crippen LogP contribution < -0.4 is 10.2 Å². The molecule has 7 nitrogen and oxygen atoms in total. The van der Waals surface area contributed by atoms with Gasteiger partial charge in [0.1, 0.15) is 11.6 Å². The number of aromatic nitrogens is 2. The Hall–Kier alpha value is -2.09. The normalized spacial score (nSPS) is 18.8. The van der Waals surface area contributed by atoms with Gasteiger partial charge in [0.2, 0.25) is 5.13 Å². The molecule has 0 spiro atoms. The van der Waals surface area contributed by atoms with Crippen LogP contribution in [0.2, 0.25) is 0 Å². The molecule has 2 aliphatic rings. The average Bonchev–Trinajstić information content (AvgIpc) is 3.49. The van der Waals surface area contributed by atoms with Gasteiger partial charge in [0, 0.05) is 63.1 Å². The second-order valence-corrected chi connectivity index (χ2v) is 8.21. The number of anilines is 1. The van der Waals surface area contributed by atoms with E-state index >= 15 is 0 Å². The fraction of sp³-hybridized carbons (Fsp3) is 0.650. The highest BCUT2D eigenvalue weighted by molar-refractivity contribution is 7.09. The first kappa shape index (κ1) is 19.2. The van der Waals surface area contributed by atoms with Crippen molar-refractivity contribution in [2.75, 3.05) is 37.6 Å². The molecule has 0 amide bonds. The van der Waals surface area contributed by atoms with Crippen LogP contribution in [0.15, 0.2) is 27.8 Å². The lowest BCUT2D eigenvalue weighted by Crippen LogP contribution is -2.54. The number of piperazine rings is 1. The summed E-state index contributed by atoms with van der Waals surface area (Å²) >= 11 is 1.52. The highest BCUT2D eigenvalue weighted by Crippen LogP contribution is 2.21. The van der Waals surface area contributed by atoms with Crippen LogP contribution in [0.25, 0.3) is 0 Å². The van der Waals surface area contributed by atoms with Crippen LogP contribution in [0.1, 0.15) is 44.2 Å². The molecule has 28 heavy (non-hydrogen) atoms. The Morgan fingerprint density at radius 1 is 1.29 bits per heavy atom. The Morgan fingerprint density at radius 3 is 2.79 bits per heavy atom. The second kappa shape index (κ2) is 9.41. The first-order valence-electron chi connectivity index (χ1n) is 10.5. The molecule has 1 N–H and O–H groups in total. The van der Waals surface area contributed by atoms with Crippen molar-refractivity contribution in [1.29, 1.82) is 0 Å². The summed E-state index contributed by atoms with van der Waals surface area (Å²) in [6.07, 6.45) is 8.61. The van der Waals surface area contributed by atoms with E-state index in [9.17, 15) is 0 Å². The van der Waals surface area contributed by atoms with Crippen molar-refractivity contribution in [3.63, 3.8) is 0 Å². The van der Waals surface area contributed by atoms with Gasteiger partial charge in [0.15, 0.2) is 5.96 Å². The van der Waals surface area contributed by atoms with Crippen LogP contribution >= 0.6 is 11.5 Å². The third-order valence-electron chi connectivity index (χ3n) is 5.51. The number of hydrogen-bond acceptors (Lipinski definition) is 6. The third-order valence-corrected chi connectivity index (χ3v) is 6.33. The van der Waals surface area contributed by atoms with Gasteiger partial charge in [-0.3, -0.25) is 4.99 Å². The van der Waals surface area contributed by atoms with Gasteiger partial charge >= 0.3 is 0 Å². The van der Waals surface area contributed by atoms with Crippen molar-refractivity contribution < 1.29 is 4.42 Å². The lowest BCUT2D eigenvalue weighted by atomic mass is 10.2. The predicted octanol–water partition coefficient (Wildman–Crippen LogP) is 2.95. The van der Waals surface area contributed by atoms with Gasteiger partial charge < -0.3 is 19.5 Å². The van der Waals surface area contributed by atoms with E-state index in [1.54, 1.807) is 6.26 Å². The summed E-state index contributed by atoms with van der Waals surface area (Å²) in [4.78, 5) is 14.3. The Labute approximate surface area is 171 Å². The van der Waals surface area contributed by atoms with E-state index in [-0.39, 0.29) is 0 Å². The Bertz CT molecular complexity index is 745. The third kappa shape index (κ3) is 4.84. The van der Waals surface area contributed by atoms with Gasteiger partial charge in [-0.25, -0.2) is 4.98 Å². The van der Waals surface area contributed by atoms with E-state index < -0.39 is 0 Å². The zero-order valence-corrected chi connectivity index (χ0v) is 17.5. The average molecular weight is 403 g/mol. The standard InChI is InChI=1S/C20H30N6OS/c1-2-18-23-20(28-24-18)26-13-11-25(12-14-26)19(22-16-6-3-4-7-16)21-10-9-17-8-5-15-27-17/h5,8,15-16H,2-4,6-7,9-14H2,1H3,(H,21,22). The van der Waals surface area contributed by atoms with Gasteiger partial charge in [-0.05, 0) is 25.0 Å². The van der Waals surface area contributed by atoms with Crippen molar-refractivity contribution in [2.24, 2.45) is 4.99 Å². The zero-order valence-electron chi connectivity index (χ0n) is 16.6. The van der Waals surface area contributed by atoms with Crippen LogP contribution in [0.3, 0.4) is 0 Å². The fourth-order valence-corrected chi connectivity index (χ4v) is 4.64. The molecule has 1 saturated carbocycles. The molecule has 4 rings (SSSR count). The number of guanidine groups is 1. The van der Waals surface area contributed by atoms with E-state index in [2.05, 4.69) is 31.4 Å². The number of furan rings is 1. The van der Waals surface area contributed by atoms with Crippen molar-refractivity contribution in [2.45, 2.75) is 51.5 Å². The van der Waals surface area contributed by atoms with Crippen LogP contribution in [0.5, 0.6) is 0 Å². The predicted molar refractivity (Wildman–Crippen MR) is 113 cm³/mol. The van der Waals surface area contributed by atoms with E-state index in [1.807, 2.05) is 12.1 Å². The summed E-state index contributed by atoms with van der Waals surface area (Å²) in [6.45, 7) is 6.69. The molecular formula is C20H30N6OS. The maximum atomic E-state index is 5.45. The van der Waals surface area contributed by atoms with Gasteiger partial charge in [0.05, 0.1) is 6.26 Å². The smallest absolute Gasteiger partial charge is 0.205 e. The van der Waals surface area contributed by atoms with Gasteiger partial charge in [-0.1, -0.05) is 19.8 Å². The first-order valence-corrected chi connectivity index (χ1v) is 11.2. The summed E-state index contributed by atoms with van der Waals surface area (Å²) < 4.78 is 9.87. The van der Waals surface area contributed by atoms with Crippen molar-refractivity contribution in [3.05, 3.63) is 30.0 Å². The molecule has 2 aromatic rings. The second-order valence-electron chi connectivity index (χ2n) is 7.48. The van der Waals surface area contributed by atoms with Crippen LogP contribution in [0.4, 0.5) is 5.13 Å². The molecule has 0 atom stereocenters. The molecule has 0 unspecified atom stereocenters. The minimum atomic E-state index is 0.565. The van der Waals surface area contributed by atoms with Crippen LogP contribution in [0, 0.1) is 0 Å². The van der Waals surface area contributed by atoms with Crippen LogP contribution in [-0.2, 0) is 12.8 Å². The van der Waals surface area contributed by atoms with Gasteiger partial charge in [-0.2, -0.15) is 4.37 Å². The number of hydrogen-bond donors (Lipinski definition) is 1. The Morgan fingerprint density at radius 2 is 2.11 bits per heavy atom. The monoisotopic (exact) mass is 402 g/mol. The lowest BCUT2D eigenvalue weighted by molar-refractivity contribution is 0.365. The first-order chi connectivity index (χ1) is 13.8. The number of nitrogens with zero attached hydrogens (tertiary/aromatic N) is 5. The van der Waals surface area contributed by atoms with Gasteiger partial charge in [0.25, 0.3) is 0 Å². The quantitative estimate of drug-likeness (QED) is 0.592. The van der Waals surface area contributed by atoms with E-state index in [1.165, 1.54) is 37.2 Å². The molecule has 0 radical (unpaired) electrons. The summed E-state index contributed by atoms with van der Waals surface area (Å²) in [5.74, 6) is 3.01. The topological polar surface area (TPSA) is 69.8 Å². The van der Waals surface area contributed by atoms with E-state index in [0.717, 1.165) is 68.2 Å². The summed E-state index contributed by atoms with van der Waals surface area (Å²) in [5.41, 5.74) is 0. The van der Waals surface area contributed by atoms with Crippen LogP contribution in [-0.4, -0.2) is 59.0 Å². The number of rotatable bonds is 6. The summed E-state index contributed by atoms with van der Waals surface area (Å²) in [5, 5.41) is 4.79. The zero-order chi connectivity index (χ0) is 19.2. The highest BCUT2D eigenvalue weighted by Gasteiger charge is 2.24. The molecule has 1 aliphatic heterocycles. The molecule has 2 fully saturated rings. The molecule has 3 heterocycles. The maximum Gasteiger partial charge on any atom is 0.205 e. The van der Waals surface area contributed by atoms with Gasteiger partial charge in [-0.15, -0.1) is 0 Å². The molecule has 1 aliphatic carbocycles. The molecule has 8 heteroatoms. The Balaban J connectivity index is 1.36. The maximum absolute atomic E-state index is 5.45. The minimum absolute atomic E-state index is 0.565. The highest BCUT2D eigenvalue weighted by atomic mass is 32.1. The summed E-state index contributed by atoms with van der Waals surface area (Å²) in [7, 11) is 0. The van der Waals surface area contributed by atoms with Crippen molar-refractivity contribution in [3.8, 4) is 0 Å². The number of aliphatic imine (C=N–C) groups is 1. The summed E-state index contributed by atoms with van der Waals surface area (Å²) in [6, 6.07) is 4.52. The largest absolute Gasteiger partial charge is 0.469 e. The molecule has 0 aromatic carbocycles. The van der Waals surface area contributed by atoms with E-state index in [4.69, 9.17) is 9.41 Å². The number of nitrogens with one attached hydrogen (secondary N) is 1. The Kier molecular flexibility index (Phi) is 6.46. The van der Waals surface area contributed by atoms with Crippen molar-refractivity contribution in [1.82, 2.24) is 19.6 Å². The van der Waals surface area contributed by atoms with Crippen molar-refractivity contribution >= 4 is 22.6 Å². The number of aryl methyl sites for hydroxylation is 1. The molecule has 152 valence electrons. The fourth-order valence-electron chi connectivity index (χ4n) is 3.84. The minimum Gasteiger partial charge on any atom is -0.469 e. The molecule has 0 bridgehead atoms. The lowest BCUT2D eigenvalue weighted by Gasteiger charge is -2.37. The molecule has 1 saturated heterocycles.